The first-order chi connectivity index (χ1) is 9.24. The molecule has 0 aliphatic carbocycles. The molecule has 0 atom stereocenters. The van der Waals surface area contributed by atoms with E-state index in [0.29, 0.717) is 0 Å². The fourth-order valence-electron chi connectivity index (χ4n) is 1.70. The Morgan fingerprint density at radius 1 is 1.32 bits per heavy atom. The molecule has 0 saturated carbocycles. The molecule has 0 unspecified atom stereocenters. The molecule has 0 radical (unpaired) electrons. The third-order valence-electron chi connectivity index (χ3n) is 2.63. The van der Waals surface area contributed by atoms with Gasteiger partial charge in [0.15, 0.2) is 4.34 Å². The van der Waals surface area contributed by atoms with Crippen molar-refractivity contribution in [3.8, 4) is 0 Å². The molecular formula is C12H13N5S2. The average molecular weight is 291 g/mol. The van der Waals surface area contributed by atoms with Crippen LogP contribution in [0.15, 0.2) is 34.9 Å². The van der Waals surface area contributed by atoms with Crippen LogP contribution in [0.3, 0.4) is 0 Å². The third kappa shape index (κ3) is 2.57. The molecule has 0 aromatic carbocycles. The molecule has 5 nitrogen and oxygen atoms in total. The lowest BCUT2D eigenvalue weighted by Crippen LogP contribution is -2.07. The van der Waals surface area contributed by atoms with Gasteiger partial charge in [-0.25, -0.2) is 4.98 Å². The van der Waals surface area contributed by atoms with Crippen molar-refractivity contribution in [1.82, 2.24) is 19.6 Å². The molecule has 0 aliphatic rings. The largest absolute Gasteiger partial charge is 0.353 e. The second-order valence-corrected chi connectivity index (χ2v) is 6.38. The Hall–Kier alpha value is -1.60. The van der Waals surface area contributed by atoms with Crippen molar-refractivity contribution in [3.63, 3.8) is 0 Å². The van der Waals surface area contributed by atoms with Crippen LogP contribution in [0.4, 0.5) is 5.13 Å². The Labute approximate surface area is 119 Å². The van der Waals surface area contributed by atoms with Gasteiger partial charge in [-0.15, -0.1) is 10.2 Å². The molecule has 3 aromatic heterocycles. The lowest BCUT2D eigenvalue weighted by molar-refractivity contribution is 0.971. The maximum atomic E-state index is 4.28. The van der Waals surface area contributed by atoms with E-state index < -0.39 is 0 Å². The molecule has 3 heterocycles. The van der Waals surface area contributed by atoms with E-state index in [2.05, 4.69) is 25.6 Å². The van der Waals surface area contributed by atoms with E-state index in [0.717, 1.165) is 20.9 Å². The number of hydrogen-bond acceptors (Lipinski definition) is 6. The molecule has 0 spiro atoms. The number of nitrogens with zero attached hydrogens (tertiary/aromatic N) is 5. The summed E-state index contributed by atoms with van der Waals surface area (Å²) in [6.07, 6.45) is 3.80. The lowest BCUT2D eigenvalue weighted by atomic mass is 10.4. The van der Waals surface area contributed by atoms with Gasteiger partial charge in [-0.05, 0) is 12.1 Å². The first kappa shape index (κ1) is 12.4. The highest BCUT2D eigenvalue weighted by Crippen LogP contribution is 2.29. The van der Waals surface area contributed by atoms with E-state index in [9.17, 15) is 0 Å². The van der Waals surface area contributed by atoms with Crippen molar-refractivity contribution in [2.45, 2.75) is 10.1 Å². The van der Waals surface area contributed by atoms with Crippen LogP contribution in [0.25, 0.3) is 5.65 Å². The molecule has 0 aliphatic heterocycles. The van der Waals surface area contributed by atoms with E-state index in [1.807, 2.05) is 43.5 Å². The number of imidazole rings is 1. The predicted molar refractivity (Wildman–Crippen MR) is 79.0 cm³/mol. The SMILES string of the molecule is CN(C)c1nnc(SCc2cccc3nccn23)s1. The molecule has 0 saturated heterocycles. The smallest absolute Gasteiger partial charge is 0.208 e. The summed E-state index contributed by atoms with van der Waals surface area (Å²) in [4.78, 5) is 6.25. The first-order valence-electron chi connectivity index (χ1n) is 5.78. The van der Waals surface area contributed by atoms with Crippen LogP contribution in [0, 0.1) is 0 Å². The Kier molecular flexibility index (Phi) is 3.39. The lowest BCUT2D eigenvalue weighted by Gasteiger charge is -2.04. The van der Waals surface area contributed by atoms with Crippen LogP contribution < -0.4 is 4.90 Å². The van der Waals surface area contributed by atoms with E-state index in [1.54, 1.807) is 23.1 Å². The van der Waals surface area contributed by atoms with E-state index >= 15 is 0 Å². The topological polar surface area (TPSA) is 46.3 Å². The highest BCUT2D eigenvalue weighted by Gasteiger charge is 2.07. The van der Waals surface area contributed by atoms with Crippen LogP contribution in [-0.4, -0.2) is 33.7 Å². The number of fused-ring (bicyclic) bond motifs is 1. The van der Waals surface area contributed by atoms with Gasteiger partial charge in [0.05, 0.1) is 0 Å². The van der Waals surface area contributed by atoms with Gasteiger partial charge >= 0.3 is 0 Å². The van der Waals surface area contributed by atoms with Gasteiger partial charge in [0.1, 0.15) is 5.65 Å². The zero-order valence-electron chi connectivity index (χ0n) is 10.6. The van der Waals surface area contributed by atoms with E-state index in [1.165, 1.54) is 5.69 Å². The number of hydrogen-bond donors (Lipinski definition) is 0. The first-order valence-corrected chi connectivity index (χ1v) is 7.59. The fraction of sp³-hybridized carbons (Fsp3) is 0.250. The molecule has 19 heavy (non-hydrogen) atoms. The zero-order valence-corrected chi connectivity index (χ0v) is 12.3. The summed E-state index contributed by atoms with van der Waals surface area (Å²) >= 11 is 3.31. The normalized spacial score (nSPS) is 11.1. The van der Waals surface area contributed by atoms with Gasteiger partial charge in [0.25, 0.3) is 0 Å². The summed E-state index contributed by atoms with van der Waals surface area (Å²) < 4.78 is 3.08. The molecule has 0 bridgehead atoms. The van der Waals surface area contributed by atoms with E-state index in [-0.39, 0.29) is 0 Å². The minimum absolute atomic E-state index is 0.857. The van der Waals surface area contributed by atoms with Gasteiger partial charge in [-0.2, -0.15) is 0 Å². The Bertz CT molecular complexity index is 688. The van der Waals surface area contributed by atoms with Crippen LogP contribution >= 0.6 is 23.1 Å². The monoisotopic (exact) mass is 291 g/mol. The quantitative estimate of drug-likeness (QED) is 0.691. The molecule has 3 aromatic rings. The van der Waals surface area contributed by atoms with Gasteiger partial charge in [-0.1, -0.05) is 29.2 Å². The minimum atomic E-state index is 0.857. The van der Waals surface area contributed by atoms with Crippen molar-refractivity contribution >= 4 is 33.9 Å². The summed E-state index contributed by atoms with van der Waals surface area (Å²) in [7, 11) is 3.95. The Balaban J connectivity index is 1.76. The van der Waals surface area contributed by atoms with Gasteiger partial charge in [-0.3, -0.25) is 0 Å². The maximum Gasteiger partial charge on any atom is 0.208 e. The van der Waals surface area contributed by atoms with Crippen LogP contribution in [0.1, 0.15) is 5.69 Å². The average Bonchev–Trinajstić information content (AvgIpc) is 3.05. The standard InChI is InChI=1S/C12H13N5S2/c1-16(2)11-14-15-12(19-11)18-8-9-4-3-5-10-13-6-7-17(9)10/h3-7H,8H2,1-2H3. The predicted octanol–water partition coefficient (Wildman–Crippen LogP) is 2.54. The zero-order chi connectivity index (χ0) is 13.2. The third-order valence-corrected chi connectivity index (χ3v) is 4.89. The van der Waals surface area contributed by atoms with Gasteiger partial charge in [0, 0.05) is 37.9 Å². The van der Waals surface area contributed by atoms with Crippen molar-refractivity contribution in [2.24, 2.45) is 0 Å². The number of aromatic nitrogens is 4. The summed E-state index contributed by atoms with van der Waals surface area (Å²) in [5.41, 5.74) is 2.19. The molecule has 0 fully saturated rings. The van der Waals surface area contributed by atoms with Crippen molar-refractivity contribution in [2.75, 3.05) is 19.0 Å². The van der Waals surface area contributed by atoms with Crippen molar-refractivity contribution < 1.29 is 0 Å². The van der Waals surface area contributed by atoms with Gasteiger partial charge < -0.3 is 9.30 Å². The molecule has 0 N–H and O–H groups in total. The summed E-state index contributed by atoms with van der Waals surface area (Å²) in [6.45, 7) is 0. The Morgan fingerprint density at radius 2 is 2.21 bits per heavy atom. The number of thioether (sulfide) groups is 1. The Morgan fingerprint density at radius 3 is 3.00 bits per heavy atom. The number of anilines is 1. The molecule has 0 amide bonds. The second-order valence-electron chi connectivity index (χ2n) is 4.21. The second kappa shape index (κ2) is 5.18. The van der Waals surface area contributed by atoms with Crippen LogP contribution in [0.5, 0.6) is 0 Å². The van der Waals surface area contributed by atoms with E-state index in [4.69, 9.17) is 0 Å². The highest BCUT2D eigenvalue weighted by molar-refractivity contribution is 8.00. The summed E-state index contributed by atoms with van der Waals surface area (Å²) in [5.74, 6) is 0.857. The summed E-state index contributed by atoms with van der Waals surface area (Å²) in [5, 5.41) is 9.25. The number of rotatable bonds is 4. The van der Waals surface area contributed by atoms with Crippen molar-refractivity contribution in [3.05, 3.63) is 36.3 Å². The van der Waals surface area contributed by atoms with Crippen molar-refractivity contribution in [1.29, 1.82) is 0 Å². The molecule has 98 valence electrons. The minimum Gasteiger partial charge on any atom is -0.353 e. The molecule has 7 heteroatoms. The summed E-state index contributed by atoms with van der Waals surface area (Å²) in [6, 6.07) is 6.14. The van der Waals surface area contributed by atoms with Crippen LogP contribution in [0.2, 0.25) is 0 Å². The number of pyridine rings is 1. The fourth-order valence-corrected chi connectivity index (χ4v) is 3.44. The van der Waals surface area contributed by atoms with Crippen LogP contribution in [-0.2, 0) is 5.75 Å². The van der Waals surface area contributed by atoms with Gasteiger partial charge in [0.2, 0.25) is 5.13 Å². The molecular weight excluding hydrogens is 278 g/mol. The maximum absolute atomic E-state index is 4.28. The highest BCUT2D eigenvalue weighted by atomic mass is 32.2. The molecule has 3 rings (SSSR count).